The van der Waals surface area contributed by atoms with Crippen molar-refractivity contribution in [2.24, 2.45) is 5.92 Å². The van der Waals surface area contributed by atoms with Crippen molar-refractivity contribution in [3.63, 3.8) is 0 Å². The molecule has 8 atom stereocenters. The zero-order valence-electron chi connectivity index (χ0n) is 22.5. The zero-order chi connectivity index (χ0) is 26.1. The Bertz CT molecular complexity index is 982. The minimum Gasteiger partial charge on any atom is -0.490 e. The summed E-state index contributed by atoms with van der Waals surface area (Å²) in [6.45, 7) is 9.04. The number of fused-ring (bicyclic) bond motifs is 2. The van der Waals surface area contributed by atoms with Crippen LogP contribution in [0, 0.1) is 5.92 Å². The molecule has 0 aromatic carbocycles. The molecule has 38 heavy (non-hydrogen) atoms. The maximum Gasteiger partial charge on any atom is 0.246 e. The Morgan fingerprint density at radius 1 is 1.18 bits per heavy atom. The molecule has 5 heterocycles. The number of rotatable bonds is 6. The Hall–Kier alpha value is -2.21. The van der Waals surface area contributed by atoms with E-state index in [1.165, 1.54) is 11.6 Å². The van der Waals surface area contributed by atoms with Crippen LogP contribution in [0.1, 0.15) is 45.4 Å². The molecule has 1 aliphatic carbocycles. The Morgan fingerprint density at radius 2 is 2.11 bits per heavy atom. The Balaban J connectivity index is 1.02. The molecule has 1 amide bonds. The summed E-state index contributed by atoms with van der Waals surface area (Å²) >= 11 is 0. The predicted octanol–water partition coefficient (Wildman–Crippen LogP) is 0.565. The minimum atomic E-state index is 0.0259. The molecule has 1 saturated carbocycles. The number of nitrogens with one attached hydrogen (secondary N) is 6. The van der Waals surface area contributed by atoms with E-state index in [0.717, 1.165) is 64.2 Å². The molecular formula is C28H44N8O2. The van der Waals surface area contributed by atoms with E-state index in [2.05, 4.69) is 74.9 Å². The van der Waals surface area contributed by atoms with E-state index in [9.17, 15) is 4.79 Å². The maximum absolute atomic E-state index is 12.0. The third-order valence-corrected chi connectivity index (χ3v) is 9.20. The van der Waals surface area contributed by atoms with Crippen LogP contribution < -0.4 is 32.0 Å². The van der Waals surface area contributed by atoms with Crippen LogP contribution in [-0.4, -0.2) is 84.8 Å². The van der Waals surface area contributed by atoms with E-state index in [4.69, 9.17) is 4.74 Å². The number of hydrogen-bond donors (Lipinski definition) is 6. The molecule has 0 spiro atoms. The highest BCUT2D eigenvalue weighted by Crippen LogP contribution is 2.31. The van der Waals surface area contributed by atoms with Gasteiger partial charge in [-0.05, 0) is 62.7 Å². The normalized spacial score (nSPS) is 39.1. The van der Waals surface area contributed by atoms with Gasteiger partial charge in [0.25, 0.3) is 0 Å². The van der Waals surface area contributed by atoms with Gasteiger partial charge in [0.05, 0.1) is 18.9 Å². The fourth-order valence-electron chi connectivity index (χ4n) is 7.02. The van der Waals surface area contributed by atoms with E-state index < -0.39 is 0 Å². The van der Waals surface area contributed by atoms with Gasteiger partial charge in [-0.15, -0.1) is 0 Å². The second kappa shape index (κ2) is 11.5. The van der Waals surface area contributed by atoms with E-state index in [1.54, 1.807) is 0 Å². The van der Waals surface area contributed by atoms with Crippen molar-refractivity contribution in [2.45, 2.75) is 88.1 Å². The van der Waals surface area contributed by atoms with Gasteiger partial charge < -0.3 is 15.0 Å². The lowest BCUT2D eigenvalue weighted by molar-refractivity contribution is -0.125. The molecule has 0 radical (unpaired) electrons. The standard InChI is InChI=1S/C28H44N8O2/c1-3-26(37)35-11-8-19(9-12-35)22-5-6-23-27(34-22)28(31-16-29-23)33-20-4-7-24(18(2)14-20)38-21-10-13-36-25(15-21)30-17-32-36/h3,8,10,13,15,18,20,22-25,27-34H,1,4-7,9,11-12,14,16-17H2,2H3. The van der Waals surface area contributed by atoms with Crippen LogP contribution in [0.3, 0.4) is 0 Å². The first-order chi connectivity index (χ1) is 18.6. The number of nitrogens with zero attached hydrogens (tertiary/aromatic N) is 2. The monoisotopic (exact) mass is 524 g/mol. The highest BCUT2D eigenvalue weighted by Gasteiger charge is 2.40. The molecule has 0 bridgehead atoms. The van der Waals surface area contributed by atoms with Crippen molar-refractivity contribution in [1.29, 1.82) is 0 Å². The number of hydrogen-bond acceptors (Lipinski definition) is 9. The molecule has 0 aromatic rings. The first kappa shape index (κ1) is 26.0. The zero-order valence-corrected chi connectivity index (χ0v) is 22.5. The molecule has 5 aliphatic heterocycles. The van der Waals surface area contributed by atoms with Gasteiger partial charge in [0.2, 0.25) is 5.91 Å². The summed E-state index contributed by atoms with van der Waals surface area (Å²) < 4.78 is 6.47. The van der Waals surface area contributed by atoms with Crippen LogP contribution in [0.2, 0.25) is 0 Å². The van der Waals surface area contributed by atoms with E-state index in [-0.39, 0.29) is 24.3 Å². The smallest absolute Gasteiger partial charge is 0.246 e. The number of ether oxygens (including phenoxy) is 1. The lowest BCUT2D eigenvalue weighted by Gasteiger charge is -2.48. The molecule has 208 valence electrons. The van der Waals surface area contributed by atoms with Gasteiger partial charge in [-0.2, -0.15) is 0 Å². The topological polar surface area (TPSA) is 105 Å². The van der Waals surface area contributed by atoms with Crippen molar-refractivity contribution in [1.82, 2.24) is 41.9 Å². The van der Waals surface area contributed by atoms with Crippen LogP contribution in [0.15, 0.2) is 48.4 Å². The number of amides is 1. The summed E-state index contributed by atoms with van der Waals surface area (Å²) in [5.41, 5.74) is 4.73. The Kier molecular flexibility index (Phi) is 7.87. The summed E-state index contributed by atoms with van der Waals surface area (Å²) in [5.74, 6) is 1.49. The molecule has 6 aliphatic rings. The number of carbonyl (C=O) groups is 1. The molecular weight excluding hydrogens is 480 g/mol. The van der Waals surface area contributed by atoms with Gasteiger partial charge in [-0.3, -0.25) is 31.1 Å². The predicted molar refractivity (Wildman–Crippen MR) is 147 cm³/mol. The van der Waals surface area contributed by atoms with Gasteiger partial charge in [-0.1, -0.05) is 25.2 Å². The molecule has 0 aromatic heterocycles. The second-order valence-corrected chi connectivity index (χ2v) is 11.6. The molecule has 10 heteroatoms. The van der Waals surface area contributed by atoms with Gasteiger partial charge >= 0.3 is 0 Å². The van der Waals surface area contributed by atoms with Gasteiger partial charge in [-0.25, -0.2) is 5.43 Å². The Labute approximate surface area is 226 Å². The first-order valence-corrected chi connectivity index (χ1v) is 14.5. The number of piperidine rings is 1. The fourth-order valence-corrected chi connectivity index (χ4v) is 7.02. The second-order valence-electron chi connectivity index (χ2n) is 11.6. The van der Waals surface area contributed by atoms with Crippen molar-refractivity contribution >= 4 is 5.91 Å². The summed E-state index contributed by atoms with van der Waals surface area (Å²) in [4.78, 5) is 13.8. The summed E-state index contributed by atoms with van der Waals surface area (Å²) in [6, 6.07) is 1.65. The van der Waals surface area contributed by atoms with E-state index in [0.29, 0.717) is 36.6 Å². The van der Waals surface area contributed by atoms with Crippen molar-refractivity contribution < 1.29 is 9.53 Å². The van der Waals surface area contributed by atoms with Crippen LogP contribution in [0.5, 0.6) is 0 Å². The lowest BCUT2D eigenvalue weighted by atomic mass is 9.82. The summed E-state index contributed by atoms with van der Waals surface area (Å²) in [7, 11) is 0. The maximum atomic E-state index is 12.0. The summed E-state index contributed by atoms with van der Waals surface area (Å²) in [5, 5.41) is 20.8. The first-order valence-electron chi connectivity index (χ1n) is 14.5. The summed E-state index contributed by atoms with van der Waals surface area (Å²) in [6.07, 6.45) is 17.1. The molecule has 8 unspecified atom stereocenters. The average molecular weight is 525 g/mol. The van der Waals surface area contributed by atoms with Crippen LogP contribution >= 0.6 is 0 Å². The average Bonchev–Trinajstić information content (AvgIpc) is 3.42. The largest absolute Gasteiger partial charge is 0.490 e. The Morgan fingerprint density at radius 3 is 2.92 bits per heavy atom. The molecule has 6 rings (SSSR count). The molecule has 3 saturated heterocycles. The van der Waals surface area contributed by atoms with Crippen molar-refractivity contribution in [3.8, 4) is 0 Å². The highest BCUT2D eigenvalue weighted by molar-refractivity contribution is 5.87. The van der Waals surface area contributed by atoms with Gasteiger partial charge in [0.15, 0.2) is 0 Å². The number of carbonyl (C=O) groups excluding carboxylic acids is 1. The van der Waals surface area contributed by atoms with Crippen LogP contribution in [-0.2, 0) is 9.53 Å². The fraction of sp³-hybridized carbons (Fsp3) is 0.679. The third-order valence-electron chi connectivity index (χ3n) is 9.20. The molecule has 6 N–H and O–H groups in total. The van der Waals surface area contributed by atoms with Gasteiger partial charge in [0, 0.05) is 44.1 Å². The molecule has 10 nitrogen and oxygen atoms in total. The highest BCUT2D eigenvalue weighted by atomic mass is 16.5. The minimum absolute atomic E-state index is 0.0259. The van der Waals surface area contributed by atoms with Crippen LogP contribution in [0.25, 0.3) is 0 Å². The number of hydrazine groups is 1. The van der Waals surface area contributed by atoms with Gasteiger partial charge in [0.1, 0.15) is 18.0 Å². The SMILES string of the molecule is C=CC(=O)N1CC=C(C2CCC3NCNC(NC4CCC(OC5=CC6NCNN6C=C5)C(C)C4)C3N2)CC1. The number of allylic oxidation sites excluding steroid dienone is 1. The van der Waals surface area contributed by atoms with Crippen molar-refractivity contribution in [2.75, 3.05) is 26.4 Å². The molecule has 4 fully saturated rings. The third kappa shape index (κ3) is 5.57. The lowest BCUT2D eigenvalue weighted by Crippen LogP contribution is -2.73. The quantitative estimate of drug-likeness (QED) is 0.220. The van der Waals surface area contributed by atoms with E-state index in [1.807, 2.05) is 4.90 Å². The van der Waals surface area contributed by atoms with E-state index >= 15 is 0 Å². The van der Waals surface area contributed by atoms with Crippen molar-refractivity contribution in [3.05, 3.63) is 48.4 Å². The van der Waals surface area contributed by atoms with Crippen LogP contribution in [0.4, 0.5) is 0 Å².